The molecule has 4 N–H and O–H groups in total. The minimum absolute atomic E-state index is 0.00842. The van der Waals surface area contributed by atoms with Gasteiger partial charge in [0.25, 0.3) is 5.91 Å². The number of aliphatic hydroxyl groups excluding tert-OH is 1. The number of ether oxygens (including phenoxy) is 1. The molecule has 4 aromatic rings. The molecular formula is C33H35N3O4. The Bertz CT molecular complexity index is 1400. The molecule has 0 saturated carbocycles. The molecule has 0 heterocycles. The van der Waals surface area contributed by atoms with Crippen LogP contribution in [0.2, 0.25) is 0 Å². The molecule has 0 aliphatic heterocycles. The summed E-state index contributed by atoms with van der Waals surface area (Å²) in [5, 5.41) is 18.4. The predicted octanol–water partition coefficient (Wildman–Crippen LogP) is 4.73. The van der Waals surface area contributed by atoms with Crippen LogP contribution in [0.1, 0.15) is 27.0 Å². The third-order valence-corrected chi connectivity index (χ3v) is 6.61. The molecule has 4 rings (SSSR count). The molecule has 0 aliphatic carbocycles. The zero-order valence-electron chi connectivity index (χ0n) is 22.8. The lowest BCUT2D eigenvalue weighted by atomic mass is 9.99. The molecule has 0 radical (unpaired) electrons. The maximum absolute atomic E-state index is 13.2. The van der Waals surface area contributed by atoms with Gasteiger partial charge in [-0.2, -0.15) is 0 Å². The van der Waals surface area contributed by atoms with Crippen LogP contribution in [0.3, 0.4) is 0 Å². The number of hydrogen-bond acceptors (Lipinski definition) is 5. The minimum atomic E-state index is -0.747. The van der Waals surface area contributed by atoms with Crippen molar-refractivity contribution in [2.45, 2.75) is 26.0 Å². The van der Waals surface area contributed by atoms with Crippen LogP contribution in [0, 0.1) is 6.92 Å². The Balaban J connectivity index is 1.41. The van der Waals surface area contributed by atoms with Gasteiger partial charge in [0.2, 0.25) is 5.91 Å². The zero-order valence-corrected chi connectivity index (χ0v) is 22.8. The Hall–Kier alpha value is -4.62. The van der Waals surface area contributed by atoms with Crippen molar-refractivity contribution < 1.29 is 19.4 Å². The molecular weight excluding hydrogens is 502 g/mol. The molecule has 0 unspecified atom stereocenters. The molecule has 0 saturated heterocycles. The lowest BCUT2D eigenvalue weighted by molar-refractivity contribution is -0.122. The number of carbonyl (C=O) groups is 2. The number of methoxy groups -OCH3 is 1. The molecule has 2 amide bonds. The second-order valence-electron chi connectivity index (χ2n) is 9.60. The standard InChI is InChI=1S/C33H35N3O4/c1-23-4-3-5-28(20-23)32(38)36-31(33(39)35-19-18-34-29-14-16-30(40-2)17-15-29)21-24-6-10-26(11-7-24)27-12-8-25(22-37)9-13-27/h3-17,20,31,34,37H,18-19,21-22H2,1-2H3,(H,35,39)(H,36,38)/t31-/m0/s1. The van der Waals surface area contributed by atoms with Crippen molar-refractivity contribution in [2.24, 2.45) is 0 Å². The van der Waals surface area contributed by atoms with E-state index < -0.39 is 6.04 Å². The van der Waals surface area contributed by atoms with Crippen LogP contribution in [-0.4, -0.2) is 43.2 Å². The van der Waals surface area contributed by atoms with E-state index in [1.54, 1.807) is 19.2 Å². The van der Waals surface area contributed by atoms with Gasteiger partial charge in [0.05, 0.1) is 13.7 Å². The van der Waals surface area contributed by atoms with E-state index in [-0.39, 0.29) is 18.4 Å². The summed E-state index contributed by atoms with van der Waals surface area (Å²) in [5.74, 6) is 0.237. The van der Waals surface area contributed by atoms with Crippen molar-refractivity contribution in [3.05, 3.63) is 119 Å². The van der Waals surface area contributed by atoms with Crippen LogP contribution in [0.15, 0.2) is 97.1 Å². The summed E-state index contributed by atoms with van der Waals surface area (Å²) in [4.78, 5) is 26.3. The number of benzene rings is 4. The zero-order chi connectivity index (χ0) is 28.3. The van der Waals surface area contributed by atoms with E-state index in [0.717, 1.165) is 39.3 Å². The first-order chi connectivity index (χ1) is 19.4. The average molecular weight is 538 g/mol. The summed E-state index contributed by atoms with van der Waals surface area (Å²) in [6.45, 7) is 2.86. The fraction of sp³-hybridized carbons (Fsp3) is 0.212. The molecule has 206 valence electrons. The first-order valence-corrected chi connectivity index (χ1v) is 13.3. The van der Waals surface area contributed by atoms with Gasteiger partial charge in [-0.3, -0.25) is 9.59 Å². The fourth-order valence-corrected chi connectivity index (χ4v) is 4.33. The van der Waals surface area contributed by atoms with Gasteiger partial charge >= 0.3 is 0 Å². The molecule has 40 heavy (non-hydrogen) atoms. The third kappa shape index (κ3) is 7.94. The molecule has 0 aromatic heterocycles. The van der Waals surface area contributed by atoms with Crippen molar-refractivity contribution >= 4 is 17.5 Å². The number of amides is 2. The van der Waals surface area contributed by atoms with E-state index >= 15 is 0 Å². The highest BCUT2D eigenvalue weighted by Gasteiger charge is 2.22. The minimum Gasteiger partial charge on any atom is -0.497 e. The van der Waals surface area contributed by atoms with Gasteiger partial charge in [-0.05, 0) is 65.6 Å². The van der Waals surface area contributed by atoms with E-state index in [2.05, 4.69) is 16.0 Å². The Morgan fingerprint density at radius 3 is 2.08 bits per heavy atom. The summed E-state index contributed by atoms with van der Waals surface area (Å²) in [7, 11) is 1.62. The quantitative estimate of drug-likeness (QED) is 0.196. The van der Waals surface area contributed by atoms with Gasteiger partial charge in [0, 0.05) is 30.8 Å². The molecule has 0 spiro atoms. The number of rotatable bonds is 12. The van der Waals surface area contributed by atoms with Crippen molar-refractivity contribution in [1.29, 1.82) is 0 Å². The topological polar surface area (TPSA) is 99.7 Å². The van der Waals surface area contributed by atoms with Crippen LogP contribution in [0.25, 0.3) is 11.1 Å². The van der Waals surface area contributed by atoms with E-state index in [1.807, 2.05) is 91.9 Å². The molecule has 4 aromatic carbocycles. The van der Waals surface area contributed by atoms with Crippen LogP contribution < -0.4 is 20.7 Å². The maximum atomic E-state index is 13.2. The highest BCUT2D eigenvalue weighted by Crippen LogP contribution is 2.21. The van der Waals surface area contributed by atoms with Gasteiger partial charge in [-0.25, -0.2) is 0 Å². The van der Waals surface area contributed by atoms with Crippen molar-refractivity contribution in [3.8, 4) is 16.9 Å². The summed E-state index contributed by atoms with van der Waals surface area (Å²) in [6.07, 6.45) is 0.346. The van der Waals surface area contributed by atoms with Gasteiger partial charge in [0.1, 0.15) is 11.8 Å². The van der Waals surface area contributed by atoms with Crippen molar-refractivity contribution in [1.82, 2.24) is 10.6 Å². The lowest BCUT2D eigenvalue weighted by Crippen LogP contribution is -2.48. The molecule has 0 bridgehead atoms. The van der Waals surface area contributed by atoms with Gasteiger partial charge < -0.3 is 25.8 Å². The summed E-state index contributed by atoms with van der Waals surface area (Å²) >= 11 is 0. The molecule has 1 atom stereocenters. The summed E-state index contributed by atoms with van der Waals surface area (Å²) in [6, 6.07) is 29.8. The molecule has 7 nitrogen and oxygen atoms in total. The largest absolute Gasteiger partial charge is 0.497 e. The number of hydrogen-bond donors (Lipinski definition) is 4. The number of anilines is 1. The molecule has 0 fully saturated rings. The molecule has 7 heteroatoms. The highest BCUT2D eigenvalue weighted by atomic mass is 16.5. The van der Waals surface area contributed by atoms with Gasteiger partial charge in [-0.1, -0.05) is 66.2 Å². The number of aliphatic hydroxyl groups is 1. The van der Waals surface area contributed by atoms with E-state index in [4.69, 9.17) is 4.74 Å². The van der Waals surface area contributed by atoms with E-state index in [1.165, 1.54) is 0 Å². The average Bonchev–Trinajstić information content (AvgIpc) is 2.99. The van der Waals surface area contributed by atoms with Crippen LogP contribution in [-0.2, 0) is 17.8 Å². The normalized spacial score (nSPS) is 11.4. The van der Waals surface area contributed by atoms with Crippen LogP contribution >= 0.6 is 0 Å². The number of aryl methyl sites for hydroxylation is 1. The smallest absolute Gasteiger partial charge is 0.251 e. The van der Waals surface area contributed by atoms with Gasteiger partial charge in [-0.15, -0.1) is 0 Å². The SMILES string of the molecule is COc1ccc(NCCNC(=O)[C@H](Cc2ccc(-c3ccc(CO)cc3)cc2)NC(=O)c2cccc(C)c2)cc1. The van der Waals surface area contributed by atoms with Crippen LogP contribution in [0.5, 0.6) is 5.75 Å². The third-order valence-electron chi connectivity index (χ3n) is 6.61. The predicted molar refractivity (Wildman–Crippen MR) is 158 cm³/mol. The lowest BCUT2D eigenvalue weighted by Gasteiger charge is -2.19. The Morgan fingerprint density at radius 1 is 0.825 bits per heavy atom. The maximum Gasteiger partial charge on any atom is 0.251 e. The Kier molecular flexibility index (Phi) is 9.91. The molecule has 0 aliphatic rings. The van der Waals surface area contributed by atoms with Crippen molar-refractivity contribution in [3.63, 3.8) is 0 Å². The number of nitrogens with one attached hydrogen (secondary N) is 3. The van der Waals surface area contributed by atoms with Crippen molar-refractivity contribution in [2.75, 3.05) is 25.5 Å². The first-order valence-electron chi connectivity index (χ1n) is 13.3. The van der Waals surface area contributed by atoms with Gasteiger partial charge in [0.15, 0.2) is 0 Å². The summed E-state index contributed by atoms with van der Waals surface area (Å²) in [5.41, 5.74) is 6.26. The second kappa shape index (κ2) is 14.0. The Morgan fingerprint density at radius 2 is 1.48 bits per heavy atom. The second-order valence-corrected chi connectivity index (χ2v) is 9.60. The highest BCUT2D eigenvalue weighted by molar-refractivity contribution is 5.97. The van der Waals surface area contributed by atoms with Crippen LogP contribution in [0.4, 0.5) is 5.69 Å². The fourth-order valence-electron chi connectivity index (χ4n) is 4.33. The van der Waals surface area contributed by atoms with E-state index in [0.29, 0.717) is 25.1 Å². The first kappa shape index (κ1) is 28.4. The summed E-state index contributed by atoms with van der Waals surface area (Å²) < 4.78 is 5.18. The Labute approximate surface area is 235 Å². The monoisotopic (exact) mass is 537 g/mol. The number of carbonyl (C=O) groups excluding carboxylic acids is 2. The van der Waals surface area contributed by atoms with E-state index in [9.17, 15) is 14.7 Å².